The van der Waals surface area contributed by atoms with Gasteiger partial charge in [-0.05, 0) is 51.8 Å². The molecule has 0 unspecified atom stereocenters. The van der Waals surface area contributed by atoms with E-state index in [0.717, 1.165) is 16.1 Å². The molecule has 1 saturated heterocycles. The van der Waals surface area contributed by atoms with Gasteiger partial charge in [0.15, 0.2) is 0 Å². The molecule has 1 aliphatic heterocycles. The summed E-state index contributed by atoms with van der Waals surface area (Å²) in [5, 5.41) is 13.2. The molecule has 1 aliphatic rings. The van der Waals surface area contributed by atoms with Crippen LogP contribution in [0.5, 0.6) is 5.75 Å². The fraction of sp³-hybridized carbons (Fsp3) is 0.0417. The highest BCUT2D eigenvalue weighted by Gasteiger charge is 2.37. The van der Waals surface area contributed by atoms with E-state index in [1.165, 1.54) is 24.3 Å². The number of hydrogen-bond acceptors (Lipinski definition) is 6. The topological polar surface area (TPSA) is 119 Å². The van der Waals surface area contributed by atoms with Crippen LogP contribution in [-0.4, -0.2) is 22.8 Å². The second kappa shape index (κ2) is 10.2. The second-order valence-corrected chi connectivity index (χ2v) is 9.01. The molecule has 0 atom stereocenters. The van der Waals surface area contributed by atoms with Crippen molar-refractivity contribution in [2.75, 3.05) is 4.90 Å². The lowest BCUT2D eigenvalue weighted by molar-refractivity contribution is -0.384. The van der Waals surface area contributed by atoms with Gasteiger partial charge in [-0.3, -0.25) is 25.0 Å². The van der Waals surface area contributed by atoms with Crippen molar-refractivity contribution in [1.29, 1.82) is 0 Å². The van der Waals surface area contributed by atoms with Crippen LogP contribution in [0.25, 0.3) is 6.08 Å². The lowest BCUT2D eigenvalue weighted by Crippen LogP contribution is -2.54. The summed E-state index contributed by atoms with van der Waals surface area (Å²) in [4.78, 5) is 48.9. The number of imide groups is 2. The van der Waals surface area contributed by atoms with E-state index in [9.17, 15) is 24.5 Å². The van der Waals surface area contributed by atoms with Gasteiger partial charge >= 0.3 is 6.03 Å². The number of anilines is 1. The molecule has 0 spiro atoms. The number of hydrogen-bond donors (Lipinski definition) is 1. The third-order valence-corrected chi connectivity index (χ3v) is 6.40. The van der Waals surface area contributed by atoms with Crippen molar-refractivity contribution in [2.24, 2.45) is 0 Å². The van der Waals surface area contributed by atoms with Gasteiger partial charge in [-0.25, -0.2) is 9.69 Å². The van der Waals surface area contributed by atoms with Gasteiger partial charge in [0.25, 0.3) is 17.5 Å². The van der Waals surface area contributed by atoms with Crippen LogP contribution in [0.2, 0.25) is 0 Å². The van der Waals surface area contributed by atoms with Crippen molar-refractivity contribution < 1.29 is 24.0 Å². The van der Waals surface area contributed by atoms with Crippen LogP contribution in [0.15, 0.2) is 81.2 Å². The van der Waals surface area contributed by atoms with E-state index in [0.29, 0.717) is 27.3 Å². The van der Waals surface area contributed by atoms with Crippen LogP contribution in [0.1, 0.15) is 11.1 Å². The Hall–Kier alpha value is -3.83. The molecule has 1 N–H and O–H groups in total. The highest BCUT2D eigenvalue weighted by atomic mass is 79.9. The Balaban J connectivity index is 1.58. The monoisotopic (exact) mass is 599 g/mol. The second-order valence-electron chi connectivity index (χ2n) is 7.30. The molecule has 0 bridgehead atoms. The molecular formula is C24H15Br2N3O6. The molecule has 0 aromatic heterocycles. The molecule has 4 rings (SSSR count). The maximum Gasteiger partial charge on any atom is 0.335 e. The van der Waals surface area contributed by atoms with Crippen LogP contribution in [-0.2, 0) is 16.2 Å². The van der Waals surface area contributed by atoms with Crippen molar-refractivity contribution in [3.8, 4) is 5.75 Å². The SMILES string of the molecule is O=C1NC(=O)N(c2cccc([N+](=O)[O-])c2)C(=O)/C1=C/c1ccc(OCc2ccccc2Br)c(Br)c1. The Morgan fingerprint density at radius 1 is 0.971 bits per heavy atom. The molecule has 3 aromatic rings. The first-order valence-corrected chi connectivity index (χ1v) is 11.6. The minimum atomic E-state index is -0.991. The fourth-order valence-corrected chi connectivity index (χ4v) is 4.21. The summed E-state index contributed by atoms with van der Waals surface area (Å²) in [6, 6.07) is 16.7. The summed E-state index contributed by atoms with van der Waals surface area (Å²) in [5.74, 6) is -1.22. The summed E-state index contributed by atoms with van der Waals surface area (Å²) < 4.78 is 7.37. The fourth-order valence-electron chi connectivity index (χ4n) is 3.30. The minimum absolute atomic E-state index is 0.0305. The van der Waals surface area contributed by atoms with Gasteiger partial charge in [0.05, 0.1) is 15.1 Å². The molecule has 11 heteroatoms. The number of urea groups is 1. The number of benzene rings is 3. The molecule has 9 nitrogen and oxygen atoms in total. The highest BCUT2D eigenvalue weighted by Crippen LogP contribution is 2.30. The number of ether oxygens (including phenoxy) is 1. The third kappa shape index (κ3) is 5.31. The number of nitrogens with zero attached hydrogens (tertiary/aromatic N) is 2. The third-order valence-electron chi connectivity index (χ3n) is 5.01. The van der Waals surface area contributed by atoms with Crippen LogP contribution in [0, 0.1) is 10.1 Å². The Morgan fingerprint density at radius 3 is 2.46 bits per heavy atom. The number of nitro benzene ring substituents is 1. The number of nitrogens with one attached hydrogen (secondary N) is 1. The van der Waals surface area contributed by atoms with Gasteiger partial charge in [-0.2, -0.15) is 0 Å². The summed E-state index contributed by atoms with van der Waals surface area (Å²) in [7, 11) is 0. The molecule has 35 heavy (non-hydrogen) atoms. The van der Waals surface area contributed by atoms with E-state index in [1.807, 2.05) is 24.3 Å². The Kier molecular flexibility index (Phi) is 7.08. The average Bonchev–Trinajstić information content (AvgIpc) is 2.82. The zero-order valence-corrected chi connectivity index (χ0v) is 20.9. The lowest BCUT2D eigenvalue weighted by Gasteiger charge is -2.26. The quantitative estimate of drug-likeness (QED) is 0.176. The van der Waals surface area contributed by atoms with E-state index in [-0.39, 0.29) is 16.9 Å². The van der Waals surface area contributed by atoms with Gasteiger partial charge in [0, 0.05) is 22.2 Å². The predicted octanol–water partition coefficient (Wildman–Crippen LogP) is 5.37. The number of halogens is 2. The summed E-state index contributed by atoms with van der Waals surface area (Å²) >= 11 is 6.91. The molecular weight excluding hydrogens is 586 g/mol. The standard InChI is InChI=1S/C24H15Br2N3O6/c25-19-7-2-1-4-15(19)13-35-21-9-8-14(11-20(21)26)10-18-22(30)27-24(32)28(23(18)31)16-5-3-6-17(12-16)29(33)34/h1-12H,13H2,(H,27,30,32)/b18-10+. The molecule has 0 aliphatic carbocycles. The Bertz CT molecular complexity index is 1410. The van der Waals surface area contributed by atoms with Crippen molar-refractivity contribution in [1.82, 2.24) is 5.32 Å². The van der Waals surface area contributed by atoms with Gasteiger partial charge in [0.1, 0.15) is 17.9 Å². The Morgan fingerprint density at radius 2 is 1.74 bits per heavy atom. The smallest absolute Gasteiger partial charge is 0.335 e. The Labute approximate surface area is 215 Å². The lowest BCUT2D eigenvalue weighted by atomic mass is 10.1. The predicted molar refractivity (Wildman–Crippen MR) is 135 cm³/mol. The first-order chi connectivity index (χ1) is 16.7. The number of carbonyl (C=O) groups excluding carboxylic acids is 3. The molecule has 1 fully saturated rings. The van der Waals surface area contributed by atoms with Crippen LogP contribution >= 0.6 is 31.9 Å². The zero-order chi connectivity index (χ0) is 25.1. The summed E-state index contributed by atoms with van der Waals surface area (Å²) in [6.07, 6.45) is 1.33. The average molecular weight is 601 g/mol. The molecule has 176 valence electrons. The van der Waals surface area contributed by atoms with Gasteiger partial charge in [-0.1, -0.05) is 46.3 Å². The normalized spacial score (nSPS) is 14.7. The first kappa shape index (κ1) is 24.3. The van der Waals surface area contributed by atoms with E-state index < -0.39 is 22.8 Å². The molecule has 0 saturated carbocycles. The van der Waals surface area contributed by atoms with Crippen molar-refractivity contribution >= 4 is 67.2 Å². The van der Waals surface area contributed by atoms with Crippen molar-refractivity contribution in [3.05, 3.63) is 102 Å². The van der Waals surface area contributed by atoms with Crippen molar-refractivity contribution in [2.45, 2.75) is 6.61 Å². The zero-order valence-electron chi connectivity index (χ0n) is 17.7. The number of barbiturate groups is 1. The number of non-ortho nitro benzene ring substituents is 1. The van der Waals surface area contributed by atoms with E-state index >= 15 is 0 Å². The first-order valence-electron chi connectivity index (χ1n) is 10.1. The van der Waals surface area contributed by atoms with Gasteiger partial charge in [0.2, 0.25) is 0 Å². The number of carbonyl (C=O) groups is 3. The van der Waals surface area contributed by atoms with E-state index in [1.54, 1.807) is 18.2 Å². The molecule has 0 radical (unpaired) electrons. The molecule has 1 heterocycles. The summed E-state index contributed by atoms with van der Waals surface area (Å²) in [6.45, 7) is 0.321. The van der Waals surface area contributed by atoms with Crippen LogP contribution in [0.3, 0.4) is 0 Å². The van der Waals surface area contributed by atoms with Gasteiger partial charge in [-0.15, -0.1) is 0 Å². The molecule has 3 aromatic carbocycles. The molecule has 4 amide bonds. The van der Waals surface area contributed by atoms with Crippen LogP contribution < -0.4 is 15.0 Å². The van der Waals surface area contributed by atoms with Crippen molar-refractivity contribution in [3.63, 3.8) is 0 Å². The largest absolute Gasteiger partial charge is 0.488 e. The highest BCUT2D eigenvalue weighted by molar-refractivity contribution is 9.10. The van der Waals surface area contributed by atoms with E-state index in [2.05, 4.69) is 37.2 Å². The van der Waals surface area contributed by atoms with Gasteiger partial charge < -0.3 is 4.74 Å². The minimum Gasteiger partial charge on any atom is -0.488 e. The number of rotatable bonds is 6. The number of nitro groups is 1. The maximum absolute atomic E-state index is 13.0. The van der Waals surface area contributed by atoms with E-state index in [4.69, 9.17) is 4.74 Å². The maximum atomic E-state index is 13.0. The summed E-state index contributed by atoms with van der Waals surface area (Å²) in [5.41, 5.74) is 0.826. The number of amides is 4. The van der Waals surface area contributed by atoms with Crippen LogP contribution in [0.4, 0.5) is 16.2 Å².